The maximum absolute atomic E-state index is 13.0. The van der Waals surface area contributed by atoms with Crippen LogP contribution in [0.1, 0.15) is 27.0 Å². The van der Waals surface area contributed by atoms with E-state index in [4.69, 9.17) is 4.74 Å². The van der Waals surface area contributed by atoms with Crippen molar-refractivity contribution in [1.29, 1.82) is 0 Å². The number of carbonyl (C=O) groups excluding carboxylic acids is 2. The Labute approximate surface area is 177 Å². The van der Waals surface area contributed by atoms with Crippen LogP contribution in [0.5, 0.6) is 0 Å². The van der Waals surface area contributed by atoms with Gasteiger partial charge in [-0.2, -0.15) is 13.2 Å². The molecule has 0 spiro atoms. The highest BCUT2D eigenvalue weighted by Gasteiger charge is 2.43. The second kappa shape index (κ2) is 8.19. The number of nitrogens with zero attached hydrogens (tertiary/aromatic N) is 2. The molecule has 1 fully saturated rings. The minimum absolute atomic E-state index is 0.0593. The number of likely N-dealkylation sites (tertiary alicyclic amines) is 1. The molecule has 0 aliphatic carbocycles. The molecule has 4 rings (SSSR count). The van der Waals surface area contributed by atoms with Crippen LogP contribution in [-0.2, 0) is 28.9 Å². The van der Waals surface area contributed by atoms with Crippen LogP contribution in [0, 0.1) is 0 Å². The van der Waals surface area contributed by atoms with Crippen molar-refractivity contribution < 1.29 is 27.5 Å². The lowest BCUT2D eigenvalue weighted by atomic mass is 10.1. The molecule has 1 saturated heterocycles. The number of fused-ring (bicyclic) bond motifs is 1. The first-order chi connectivity index (χ1) is 14.8. The summed E-state index contributed by atoms with van der Waals surface area (Å²) in [5.41, 5.74) is 1.15. The Balaban J connectivity index is 1.53. The largest absolute Gasteiger partial charge is 0.416 e. The van der Waals surface area contributed by atoms with Gasteiger partial charge in [-0.05, 0) is 35.4 Å². The van der Waals surface area contributed by atoms with Gasteiger partial charge < -0.3 is 14.5 Å². The molecule has 0 N–H and O–H groups in total. The van der Waals surface area contributed by atoms with Crippen molar-refractivity contribution in [3.63, 3.8) is 0 Å². The molecule has 162 valence electrons. The van der Waals surface area contributed by atoms with Gasteiger partial charge in [-0.3, -0.25) is 9.59 Å². The Bertz CT molecular complexity index is 1020. The molecule has 31 heavy (non-hydrogen) atoms. The first-order valence-corrected chi connectivity index (χ1v) is 9.86. The fourth-order valence-electron chi connectivity index (χ4n) is 4.11. The quantitative estimate of drug-likeness (QED) is 0.681. The summed E-state index contributed by atoms with van der Waals surface area (Å²) in [6.45, 7) is 4.36. The van der Waals surface area contributed by atoms with E-state index in [1.54, 1.807) is 28.0 Å². The summed E-state index contributed by atoms with van der Waals surface area (Å²) in [6.07, 6.45) is -3.77. The Kier molecular flexibility index (Phi) is 5.58. The van der Waals surface area contributed by atoms with Crippen LogP contribution in [0.3, 0.4) is 0 Å². The molecule has 2 amide bonds. The molecule has 2 aromatic carbocycles. The monoisotopic (exact) mass is 430 g/mol. The highest BCUT2D eigenvalue weighted by atomic mass is 19.4. The minimum atomic E-state index is -4.44. The van der Waals surface area contributed by atoms with E-state index in [0.29, 0.717) is 17.7 Å². The van der Waals surface area contributed by atoms with Gasteiger partial charge in [-0.1, -0.05) is 36.9 Å². The molecular formula is C23H21F3N2O3. The number of benzene rings is 2. The summed E-state index contributed by atoms with van der Waals surface area (Å²) in [6, 6.07) is 11.8. The fraction of sp³-hybridized carbons (Fsp3) is 0.304. The van der Waals surface area contributed by atoms with E-state index in [2.05, 4.69) is 6.58 Å². The van der Waals surface area contributed by atoms with Crippen LogP contribution < -0.4 is 0 Å². The van der Waals surface area contributed by atoms with Crippen LogP contribution in [0.2, 0.25) is 0 Å². The van der Waals surface area contributed by atoms with Gasteiger partial charge in [-0.25, -0.2) is 0 Å². The Hall–Kier alpha value is -3.13. The molecule has 2 atom stereocenters. The highest BCUT2D eigenvalue weighted by molar-refractivity contribution is 5.98. The van der Waals surface area contributed by atoms with Gasteiger partial charge in [0, 0.05) is 25.2 Å². The molecule has 2 aromatic rings. The summed E-state index contributed by atoms with van der Waals surface area (Å²) >= 11 is 0. The maximum atomic E-state index is 13.0. The summed E-state index contributed by atoms with van der Waals surface area (Å²) in [5.74, 6) is -0.416. The lowest BCUT2D eigenvalue weighted by Crippen LogP contribution is -2.44. The average molecular weight is 430 g/mol. The van der Waals surface area contributed by atoms with Crippen LogP contribution in [-0.4, -0.2) is 46.8 Å². The van der Waals surface area contributed by atoms with Crippen molar-refractivity contribution in [1.82, 2.24) is 9.80 Å². The number of hydrogen-bond acceptors (Lipinski definition) is 3. The van der Waals surface area contributed by atoms with Gasteiger partial charge in [0.2, 0.25) is 5.91 Å². The Morgan fingerprint density at radius 1 is 1.16 bits per heavy atom. The number of ether oxygens (including phenoxy) is 1. The summed E-state index contributed by atoms with van der Waals surface area (Å²) < 4.78 is 44.9. The van der Waals surface area contributed by atoms with E-state index >= 15 is 0 Å². The third kappa shape index (κ3) is 4.20. The van der Waals surface area contributed by atoms with E-state index in [0.717, 1.165) is 17.7 Å². The molecule has 2 aliphatic rings. The van der Waals surface area contributed by atoms with Gasteiger partial charge in [-0.15, -0.1) is 0 Å². The molecule has 0 radical (unpaired) electrons. The first kappa shape index (κ1) is 21.1. The number of halogens is 3. The molecule has 5 nitrogen and oxygen atoms in total. The predicted octanol–water partition coefficient (Wildman–Crippen LogP) is 3.64. The molecule has 2 aliphatic heterocycles. The molecule has 0 bridgehead atoms. The number of rotatable bonds is 5. The third-order valence-corrected chi connectivity index (χ3v) is 5.69. The minimum Gasteiger partial charge on any atom is -0.369 e. The standard InChI is InChI=1S/C23H21F3N2O3/c1-2-21(29)27-12-19(28-11-16-7-3-4-9-18(16)22(28)30)20(13-27)31-14-15-6-5-8-17(10-15)23(24,25)26/h2-10,19-20H,1,11-14H2/t19?,20-/m1/s1. The third-order valence-electron chi connectivity index (χ3n) is 5.69. The average Bonchev–Trinajstić information content (AvgIpc) is 3.32. The first-order valence-electron chi connectivity index (χ1n) is 9.86. The van der Waals surface area contributed by atoms with Crippen molar-refractivity contribution in [2.75, 3.05) is 13.1 Å². The van der Waals surface area contributed by atoms with E-state index in [9.17, 15) is 22.8 Å². The molecule has 0 aromatic heterocycles. The molecule has 2 heterocycles. The summed E-state index contributed by atoms with van der Waals surface area (Å²) in [7, 11) is 0. The van der Waals surface area contributed by atoms with Crippen molar-refractivity contribution >= 4 is 11.8 Å². The van der Waals surface area contributed by atoms with E-state index in [1.165, 1.54) is 12.1 Å². The molecule has 8 heteroatoms. The number of hydrogen-bond donors (Lipinski definition) is 0. The van der Waals surface area contributed by atoms with E-state index in [1.807, 2.05) is 12.1 Å². The summed E-state index contributed by atoms with van der Waals surface area (Å²) in [4.78, 5) is 28.3. The SMILES string of the molecule is C=CC(=O)N1CC(N2Cc3ccccc3C2=O)[C@H](OCc2cccc(C(F)(F)F)c2)C1. The second-order valence-corrected chi connectivity index (χ2v) is 7.65. The molecule has 0 saturated carbocycles. The van der Waals surface area contributed by atoms with Crippen molar-refractivity contribution in [3.05, 3.63) is 83.4 Å². The van der Waals surface area contributed by atoms with Crippen LogP contribution in [0.15, 0.2) is 61.2 Å². The Morgan fingerprint density at radius 3 is 2.65 bits per heavy atom. The zero-order valence-corrected chi connectivity index (χ0v) is 16.6. The lowest BCUT2D eigenvalue weighted by molar-refractivity contribution is -0.137. The van der Waals surface area contributed by atoms with Crippen molar-refractivity contribution in [2.24, 2.45) is 0 Å². The van der Waals surface area contributed by atoms with Gasteiger partial charge in [0.25, 0.3) is 5.91 Å². The van der Waals surface area contributed by atoms with Crippen molar-refractivity contribution in [3.8, 4) is 0 Å². The van der Waals surface area contributed by atoms with Crippen LogP contribution >= 0.6 is 0 Å². The zero-order valence-electron chi connectivity index (χ0n) is 16.6. The fourth-order valence-corrected chi connectivity index (χ4v) is 4.11. The van der Waals surface area contributed by atoms with Gasteiger partial charge in [0.05, 0.1) is 24.3 Å². The predicted molar refractivity (Wildman–Crippen MR) is 107 cm³/mol. The smallest absolute Gasteiger partial charge is 0.369 e. The molecule has 1 unspecified atom stereocenters. The number of carbonyl (C=O) groups is 2. The van der Waals surface area contributed by atoms with Crippen LogP contribution in [0.4, 0.5) is 13.2 Å². The van der Waals surface area contributed by atoms with Gasteiger partial charge in [0.1, 0.15) is 0 Å². The number of amides is 2. The normalized spacial score (nSPS) is 20.8. The topological polar surface area (TPSA) is 49.9 Å². The van der Waals surface area contributed by atoms with E-state index in [-0.39, 0.29) is 31.5 Å². The van der Waals surface area contributed by atoms with Gasteiger partial charge in [0.15, 0.2) is 0 Å². The molecular weight excluding hydrogens is 409 g/mol. The van der Waals surface area contributed by atoms with Gasteiger partial charge >= 0.3 is 6.18 Å². The second-order valence-electron chi connectivity index (χ2n) is 7.65. The van der Waals surface area contributed by atoms with Crippen molar-refractivity contribution in [2.45, 2.75) is 31.5 Å². The maximum Gasteiger partial charge on any atom is 0.416 e. The number of alkyl halides is 3. The Morgan fingerprint density at radius 2 is 1.94 bits per heavy atom. The van der Waals surface area contributed by atoms with E-state index < -0.39 is 23.9 Å². The zero-order chi connectivity index (χ0) is 22.2. The summed E-state index contributed by atoms with van der Waals surface area (Å²) in [5, 5.41) is 0. The lowest BCUT2D eigenvalue weighted by Gasteiger charge is -2.28. The highest BCUT2D eigenvalue weighted by Crippen LogP contribution is 2.31. The van der Waals surface area contributed by atoms with Crippen LogP contribution in [0.25, 0.3) is 0 Å².